The molecule has 102 valence electrons. The van der Waals surface area contributed by atoms with Crippen LogP contribution in [0.5, 0.6) is 0 Å². The fourth-order valence-electron chi connectivity index (χ4n) is 2.26. The Kier molecular flexibility index (Phi) is 4.42. The molecule has 4 heteroatoms. The summed E-state index contributed by atoms with van der Waals surface area (Å²) in [6, 6.07) is 6.92. The second kappa shape index (κ2) is 5.88. The van der Waals surface area contributed by atoms with Gasteiger partial charge in [0.2, 0.25) is 0 Å². The predicted octanol–water partition coefficient (Wildman–Crippen LogP) is 4.50. The summed E-state index contributed by atoms with van der Waals surface area (Å²) in [6.07, 6.45) is 0. The molecule has 0 radical (unpaired) electrons. The van der Waals surface area contributed by atoms with E-state index in [2.05, 4.69) is 21.2 Å². The normalized spacial score (nSPS) is 12.7. The highest BCUT2D eigenvalue weighted by atomic mass is 79.9. The van der Waals surface area contributed by atoms with Gasteiger partial charge in [0.15, 0.2) is 0 Å². The molecular formula is C15H17BrFNO. The molecule has 0 aliphatic heterocycles. The Morgan fingerprint density at radius 2 is 2.00 bits per heavy atom. The predicted molar refractivity (Wildman–Crippen MR) is 77.8 cm³/mol. The van der Waals surface area contributed by atoms with Crippen molar-refractivity contribution in [2.24, 2.45) is 0 Å². The van der Waals surface area contributed by atoms with Crippen molar-refractivity contribution < 1.29 is 8.81 Å². The molecule has 0 fully saturated rings. The van der Waals surface area contributed by atoms with Crippen LogP contribution < -0.4 is 5.32 Å². The maximum atomic E-state index is 14.1. The first-order valence-corrected chi connectivity index (χ1v) is 7.07. The summed E-state index contributed by atoms with van der Waals surface area (Å²) < 4.78 is 20.4. The lowest BCUT2D eigenvalue weighted by Crippen LogP contribution is -2.23. The van der Waals surface area contributed by atoms with Crippen LogP contribution in [0.15, 0.2) is 33.2 Å². The highest BCUT2D eigenvalue weighted by Crippen LogP contribution is 2.30. The summed E-state index contributed by atoms with van der Waals surface area (Å²) in [6.45, 7) is 6.57. The molecule has 1 unspecified atom stereocenters. The monoisotopic (exact) mass is 325 g/mol. The van der Waals surface area contributed by atoms with Crippen LogP contribution >= 0.6 is 15.9 Å². The maximum absolute atomic E-state index is 14.1. The third kappa shape index (κ3) is 3.07. The molecule has 0 aliphatic carbocycles. The average Bonchev–Trinajstić information content (AvgIpc) is 2.66. The van der Waals surface area contributed by atoms with Gasteiger partial charge in [0.25, 0.3) is 0 Å². The molecule has 1 N–H and O–H groups in total. The lowest BCUT2D eigenvalue weighted by molar-refractivity contribution is 0.492. The van der Waals surface area contributed by atoms with E-state index in [1.165, 1.54) is 6.07 Å². The maximum Gasteiger partial charge on any atom is 0.129 e. The summed E-state index contributed by atoms with van der Waals surface area (Å²) in [5.74, 6) is 1.44. The van der Waals surface area contributed by atoms with E-state index < -0.39 is 0 Å². The van der Waals surface area contributed by atoms with Gasteiger partial charge >= 0.3 is 0 Å². The number of furan rings is 1. The van der Waals surface area contributed by atoms with Gasteiger partial charge in [-0.15, -0.1) is 0 Å². The zero-order valence-electron chi connectivity index (χ0n) is 11.3. The van der Waals surface area contributed by atoms with Crippen molar-refractivity contribution in [3.8, 4) is 0 Å². The average molecular weight is 326 g/mol. The Hall–Kier alpha value is -1.13. The summed E-state index contributed by atoms with van der Waals surface area (Å²) >= 11 is 3.28. The number of rotatable bonds is 4. The van der Waals surface area contributed by atoms with Crippen LogP contribution in [0.1, 0.15) is 35.6 Å². The Labute approximate surface area is 121 Å². The molecule has 2 rings (SSSR count). The highest BCUT2D eigenvalue weighted by Gasteiger charge is 2.21. The third-order valence-electron chi connectivity index (χ3n) is 3.07. The van der Waals surface area contributed by atoms with E-state index in [-0.39, 0.29) is 11.9 Å². The summed E-state index contributed by atoms with van der Waals surface area (Å²) in [4.78, 5) is 0. The number of hydrogen-bond donors (Lipinski definition) is 1. The van der Waals surface area contributed by atoms with Gasteiger partial charge in [-0.05, 0) is 38.6 Å². The first kappa shape index (κ1) is 14.3. The molecule has 1 heterocycles. The van der Waals surface area contributed by atoms with E-state index in [4.69, 9.17) is 4.42 Å². The quantitative estimate of drug-likeness (QED) is 0.895. The van der Waals surface area contributed by atoms with Crippen LogP contribution in [-0.4, -0.2) is 6.54 Å². The second-order valence-corrected chi connectivity index (χ2v) is 5.44. The standard InChI is InChI=1S/C15H17BrFNO/c1-4-18-15(13-7-9(2)19-10(13)3)12-6-5-11(16)8-14(12)17/h5-8,15,18H,4H2,1-3H3. The molecule has 0 saturated heterocycles. The molecule has 0 saturated carbocycles. The van der Waals surface area contributed by atoms with Crippen LogP contribution in [0, 0.1) is 19.7 Å². The lowest BCUT2D eigenvalue weighted by Gasteiger charge is -2.18. The molecule has 0 amide bonds. The minimum absolute atomic E-state index is 0.185. The number of halogens is 2. The van der Waals surface area contributed by atoms with Crippen molar-refractivity contribution in [1.29, 1.82) is 0 Å². The summed E-state index contributed by atoms with van der Waals surface area (Å²) in [7, 11) is 0. The summed E-state index contributed by atoms with van der Waals surface area (Å²) in [5, 5.41) is 3.31. The van der Waals surface area contributed by atoms with Gasteiger partial charge in [-0.1, -0.05) is 28.9 Å². The molecule has 0 spiro atoms. The largest absolute Gasteiger partial charge is 0.466 e. The van der Waals surface area contributed by atoms with Gasteiger partial charge in [-0.3, -0.25) is 0 Å². The smallest absolute Gasteiger partial charge is 0.129 e. The van der Waals surface area contributed by atoms with Gasteiger partial charge in [-0.2, -0.15) is 0 Å². The molecule has 0 aliphatic rings. The van der Waals surface area contributed by atoms with E-state index in [1.807, 2.05) is 32.9 Å². The number of nitrogens with one attached hydrogen (secondary N) is 1. The van der Waals surface area contributed by atoms with Gasteiger partial charge in [0.05, 0.1) is 6.04 Å². The van der Waals surface area contributed by atoms with Crippen molar-refractivity contribution in [3.63, 3.8) is 0 Å². The highest BCUT2D eigenvalue weighted by molar-refractivity contribution is 9.10. The van der Waals surface area contributed by atoms with Crippen LogP contribution in [0.25, 0.3) is 0 Å². The van der Waals surface area contributed by atoms with Crippen molar-refractivity contribution >= 4 is 15.9 Å². The lowest BCUT2D eigenvalue weighted by atomic mass is 9.98. The number of benzene rings is 1. The van der Waals surface area contributed by atoms with E-state index in [0.717, 1.165) is 28.1 Å². The molecular weight excluding hydrogens is 309 g/mol. The van der Waals surface area contributed by atoms with E-state index in [9.17, 15) is 4.39 Å². The topological polar surface area (TPSA) is 25.2 Å². The van der Waals surface area contributed by atoms with Crippen molar-refractivity contribution in [2.75, 3.05) is 6.54 Å². The Morgan fingerprint density at radius 3 is 2.53 bits per heavy atom. The fraction of sp³-hybridized carbons (Fsp3) is 0.333. The van der Waals surface area contributed by atoms with Gasteiger partial charge in [0.1, 0.15) is 17.3 Å². The zero-order valence-corrected chi connectivity index (χ0v) is 12.8. The van der Waals surface area contributed by atoms with Crippen molar-refractivity contribution in [1.82, 2.24) is 5.32 Å². The minimum Gasteiger partial charge on any atom is -0.466 e. The third-order valence-corrected chi connectivity index (χ3v) is 3.57. The van der Waals surface area contributed by atoms with E-state index in [1.54, 1.807) is 6.07 Å². The van der Waals surface area contributed by atoms with Crippen LogP contribution in [0.4, 0.5) is 4.39 Å². The fourth-order valence-corrected chi connectivity index (χ4v) is 2.60. The second-order valence-electron chi connectivity index (χ2n) is 4.53. The molecule has 0 bridgehead atoms. The van der Waals surface area contributed by atoms with Gasteiger partial charge in [0, 0.05) is 15.6 Å². The van der Waals surface area contributed by atoms with Gasteiger partial charge in [-0.25, -0.2) is 4.39 Å². The van der Waals surface area contributed by atoms with E-state index in [0.29, 0.717) is 5.56 Å². The van der Waals surface area contributed by atoms with Crippen LogP contribution in [-0.2, 0) is 0 Å². The SMILES string of the molecule is CCNC(c1ccc(Br)cc1F)c1cc(C)oc1C. The Bertz CT molecular complexity index is 580. The zero-order chi connectivity index (χ0) is 14.0. The first-order chi connectivity index (χ1) is 9.02. The Balaban J connectivity index is 2.48. The minimum atomic E-state index is -0.224. The van der Waals surface area contributed by atoms with Crippen LogP contribution in [0.2, 0.25) is 0 Å². The summed E-state index contributed by atoms with van der Waals surface area (Å²) in [5.41, 5.74) is 1.62. The molecule has 2 aromatic rings. The number of aryl methyl sites for hydroxylation is 2. The Morgan fingerprint density at radius 1 is 1.26 bits per heavy atom. The molecule has 1 aromatic heterocycles. The number of hydrogen-bond acceptors (Lipinski definition) is 2. The first-order valence-electron chi connectivity index (χ1n) is 6.28. The molecule has 1 aromatic carbocycles. The van der Waals surface area contributed by atoms with Crippen LogP contribution in [0.3, 0.4) is 0 Å². The van der Waals surface area contributed by atoms with Gasteiger partial charge < -0.3 is 9.73 Å². The molecule has 2 nitrogen and oxygen atoms in total. The van der Waals surface area contributed by atoms with E-state index >= 15 is 0 Å². The van der Waals surface area contributed by atoms with Crippen molar-refractivity contribution in [2.45, 2.75) is 26.8 Å². The molecule has 1 atom stereocenters. The molecule has 19 heavy (non-hydrogen) atoms. The van der Waals surface area contributed by atoms with Crippen molar-refractivity contribution in [3.05, 3.63) is 57.2 Å².